The Morgan fingerprint density at radius 2 is 2.29 bits per heavy atom. The molecule has 1 aliphatic rings. The van der Waals surface area contributed by atoms with Gasteiger partial charge in [-0.1, -0.05) is 0 Å². The summed E-state index contributed by atoms with van der Waals surface area (Å²) in [4.78, 5) is 4.43. The molecule has 2 N–H and O–H groups in total. The largest absolute Gasteiger partial charge is 0.497 e. The number of fused-ring (bicyclic) bond motifs is 1. The van der Waals surface area contributed by atoms with E-state index in [1.54, 1.807) is 7.11 Å². The summed E-state index contributed by atoms with van der Waals surface area (Å²) in [5, 5.41) is 1.03. The third-order valence-corrected chi connectivity index (χ3v) is 3.77. The van der Waals surface area contributed by atoms with E-state index in [-0.39, 0.29) is 0 Å². The van der Waals surface area contributed by atoms with Crippen LogP contribution in [0.5, 0.6) is 5.75 Å². The number of anilines is 1. The highest BCUT2D eigenvalue weighted by molar-refractivity contribution is 5.82. The number of aromatic nitrogens is 1. The van der Waals surface area contributed by atoms with Crippen molar-refractivity contribution in [2.24, 2.45) is 5.92 Å². The molecule has 2 heterocycles. The zero-order valence-electron chi connectivity index (χ0n) is 12.2. The lowest BCUT2D eigenvalue weighted by Crippen LogP contribution is -2.10. The Hall–Kier alpha value is -1.85. The number of ether oxygens (including phenoxy) is 3. The molecule has 5 heteroatoms. The summed E-state index contributed by atoms with van der Waals surface area (Å²) in [5.41, 5.74) is 7.77. The molecular formula is C16H20N2O3. The van der Waals surface area contributed by atoms with E-state index >= 15 is 0 Å². The predicted octanol–water partition coefficient (Wildman–Crippen LogP) is 2.38. The highest BCUT2D eigenvalue weighted by atomic mass is 16.5. The van der Waals surface area contributed by atoms with Gasteiger partial charge in [0.05, 0.1) is 32.4 Å². The highest BCUT2D eigenvalue weighted by Gasteiger charge is 2.15. The maximum absolute atomic E-state index is 6.02. The lowest BCUT2D eigenvalue weighted by Gasteiger charge is -2.11. The van der Waals surface area contributed by atoms with E-state index in [4.69, 9.17) is 19.9 Å². The maximum Gasteiger partial charge on any atom is 0.129 e. The predicted molar refractivity (Wildman–Crippen MR) is 81.3 cm³/mol. The zero-order chi connectivity index (χ0) is 14.7. The van der Waals surface area contributed by atoms with E-state index in [9.17, 15) is 0 Å². The summed E-state index contributed by atoms with van der Waals surface area (Å²) in [6, 6.07) is 7.81. The van der Waals surface area contributed by atoms with Crippen LogP contribution in [0.1, 0.15) is 12.0 Å². The molecule has 0 spiro atoms. The second-order valence-electron chi connectivity index (χ2n) is 5.34. The number of hydrogen-bond donors (Lipinski definition) is 1. The van der Waals surface area contributed by atoms with Gasteiger partial charge in [0.1, 0.15) is 11.6 Å². The number of hydrogen-bond acceptors (Lipinski definition) is 5. The van der Waals surface area contributed by atoms with Crippen molar-refractivity contribution in [2.75, 3.05) is 32.7 Å². The number of nitrogens with zero attached hydrogens (tertiary/aromatic N) is 1. The lowest BCUT2D eigenvalue weighted by atomic mass is 10.1. The van der Waals surface area contributed by atoms with Crippen LogP contribution in [-0.2, 0) is 16.1 Å². The molecule has 1 saturated heterocycles. The van der Waals surface area contributed by atoms with Crippen molar-refractivity contribution in [2.45, 2.75) is 13.0 Å². The Labute approximate surface area is 124 Å². The fraction of sp³-hybridized carbons (Fsp3) is 0.438. The van der Waals surface area contributed by atoms with Crippen molar-refractivity contribution < 1.29 is 14.2 Å². The molecule has 1 aliphatic heterocycles. The van der Waals surface area contributed by atoms with Crippen LogP contribution in [-0.4, -0.2) is 31.9 Å². The van der Waals surface area contributed by atoms with Crippen LogP contribution in [0.4, 0.5) is 5.82 Å². The van der Waals surface area contributed by atoms with Crippen LogP contribution in [0.25, 0.3) is 10.9 Å². The summed E-state index contributed by atoms with van der Waals surface area (Å²) >= 11 is 0. The second kappa shape index (κ2) is 6.28. The van der Waals surface area contributed by atoms with Crippen LogP contribution >= 0.6 is 0 Å². The minimum Gasteiger partial charge on any atom is -0.497 e. The van der Waals surface area contributed by atoms with Gasteiger partial charge >= 0.3 is 0 Å². The van der Waals surface area contributed by atoms with E-state index in [2.05, 4.69) is 4.98 Å². The Morgan fingerprint density at radius 3 is 3.05 bits per heavy atom. The lowest BCUT2D eigenvalue weighted by molar-refractivity contribution is 0.0794. The Morgan fingerprint density at radius 1 is 1.38 bits per heavy atom. The standard InChI is InChI=1S/C16H20N2O3/c1-19-14-3-2-12-6-13(16(17)18-15(12)7-14)10-21-9-11-4-5-20-8-11/h2-3,6-7,11H,4-5,8-10H2,1H3,(H2,17,18). The first-order valence-electron chi connectivity index (χ1n) is 7.15. The molecule has 1 aromatic heterocycles. The summed E-state index contributed by atoms with van der Waals surface area (Å²) < 4.78 is 16.3. The molecule has 2 aromatic rings. The molecule has 1 unspecified atom stereocenters. The van der Waals surface area contributed by atoms with Crippen molar-refractivity contribution in [1.29, 1.82) is 0 Å². The molecular weight excluding hydrogens is 268 g/mol. The molecule has 0 saturated carbocycles. The number of methoxy groups -OCH3 is 1. The van der Waals surface area contributed by atoms with E-state index < -0.39 is 0 Å². The fourth-order valence-corrected chi connectivity index (χ4v) is 2.50. The van der Waals surface area contributed by atoms with Gasteiger partial charge in [0.2, 0.25) is 0 Å². The summed E-state index contributed by atoms with van der Waals surface area (Å²) in [7, 11) is 1.64. The Balaban J connectivity index is 1.71. The minimum atomic E-state index is 0.483. The van der Waals surface area contributed by atoms with Crippen LogP contribution in [0.2, 0.25) is 0 Å². The topological polar surface area (TPSA) is 66.6 Å². The fourth-order valence-electron chi connectivity index (χ4n) is 2.50. The molecule has 0 amide bonds. The van der Waals surface area contributed by atoms with Gasteiger partial charge in [-0.25, -0.2) is 4.98 Å². The first-order chi connectivity index (χ1) is 10.3. The van der Waals surface area contributed by atoms with E-state index in [0.29, 0.717) is 24.9 Å². The quantitative estimate of drug-likeness (QED) is 0.915. The molecule has 1 atom stereocenters. The normalized spacial score (nSPS) is 18.2. The molecule has 5 nitrogen and oxygen atoms in total. The molecule has 0 radical (unpaired) electrons. The molecule has 112 valence electrons. The van der Waals surface area contributed by atoms with Gasteiger partial charge in [0, 0.05) is 29.5 Å². The van der Waals surface area contributed by atoms with Gasteiger partial charge in [-0.3, -0.25) is 0 Å². The minimum absolute atomic E-state index is 0.483. The first kappa shape index (κ1) is 14.1. The number of pyridine rings is 1. The Kier molecular flexibility index (Phi) is 4.22. The van der Waals surface area contributed by atoms with Crippen molar-refractivity contribution in [3.63, 3.8) is 0 Å². The molecule has 3 rings (SSSR count). The average molecular weight is 288 g/mol. The average Bonchev–Trinajstić information content (AvgIpc) is 3.00. The molecule has 0 aliphatic carbocycles. The smallest absolute Gasteiger partial charge is 0.129 e. The van der Waals surface area contributed by atoms with Gasteiger partial charge in [-0.05, 0) is 24.6 Å². The van der Waals surface area contributed by atoms with Crippen molar-refractivity contribution in [1.82, 2.24) is 4.98 Å². The molecule has 0 bridgehead atoms. The van der Waals surface area contributed by atoms with Crippen molar-refractivity contribution >= 4 is 16.7 Å². The number of rotatable bonds is 5. The molecule has 21 heavy (non-hydrogen) atoms. The SMILES string of the molecule is COc1ccc2cc(COCC3CCOC3)c(N)nc2c1. The van der Waals surface area contributed by atoms with Gasteiger partial charge in [-0.15, -0.1) is 0 Å². The summed E-state index contributed by atoms with van der Waals surface area (Å²) in [6.07, 6.45) is 1.07. The maximum atomic E-state index is 6.02. The Bertz CT molecular complexity index is 624. The number of nitrogens with two attached hydrogens (primary N) is 1. The van der Waals surface area contributed by atoms with Gasteiger partial charge < -0.3 is 19.9 Å². The van der Waals surface area contributed by atoms with Crippen LogP contribution < -0.4 is 10.5 Å². The number of nitrogen functional groups attached to an aromatic ring is 1. The van der Waals surface area contributed by atoms with Crippen LogP contribution in [0.15, 0.2) is 24.3 Å². The van der Waals surface area contributed by atoms with Crippen molar-refractivity contribution in [3.8, 4) is 5.75 Å². The third kappa shape index (κ3) is 3.25. The second-order valence-corrected chi connectivity index (χ2v) is 5.34. The van der Waals surface area contributed by atoms with Gasteiger partial charge in [-0.2, -0.15) is 0 Å². The van der Waals surface area contributed by atoms with E-state index in [0.717, 1.165) is 41.9 Å². The zero-order valence-corrected chi connectivity index (χ0v) is 12.2. The third-order valence-electron chi connectivity index (χ3n) is 3.77. The molecule has 1 aromatic carbocycles. The summed E-state index contributed by atoms with van der Waals surface area (Å²) in [6.45, 7) is 2.83. The number of benzene rings is 1. The van der Waals surface area contributed by atoms with E-state index in [1.807, 2.05) is 24.3 Å². The van der Waals surface area contributed by atoms with Crippen molar-refractivity contribution in [3.05, 3.63) is 29.8 Å². The van der Waals surface area contributed by atoms with Crippen LogP contribution in [0, 0.1) is 5.92 Å². The monoisotopic (exact) mass is 288 g/mol. The van der Waals surface area contributed by atoms with Gasteiger partial charge in [0.15, 0.2) is 0 Å². The first-order valence-corrected chi connectivity index (χ1v) is 7.15. The van der Waals surface area contributed by atoms with Crippen LogP contribution in [0.3, 0.4) is 0 Å². The van der Waals surface area contributed by atoms with E-state index in [1.165, 1.54) is 0 Å². The summed E-state index contributed by atoms with van der Waals surface area (Å²) in [5.74, 6) is 1.79. The van der Waals surface area contributed by atoms with Gasteiger partial charge in [0.25, 0.3) is 0 Å². The molecule has 1 fully saturated rings. The highest BCUT2D eigenvalue weighted by Crippen LogP contribution is 2.23.